The smallest absolute Gasteiger partial charge is 0.357 e. The van der Waals surface area contributed by atoms with Crippen molar-refractivity contribution in [1.29, 1.82) is 0 Å². The first-order chi connectivity index (χ1) is 9.37. The Kier molecular flexibility index (Phi) is 5.59. The van der Waals surface area contributed by atoms with Gasteiger partial charge in [-0.1, -0.05) is 0 Å². The van der Waals surface area contributed by atoms with Gasteiger partial charge >= 0.3 is 6.18 Å². The summed E-state index contributed by atoms with van der Waals surface area (Å²) >= 11 is 0. The van der Waals surface area contributed by atoms with Gasteiger partial charge in [-0.05, 0) is 27.7 Å². The highest BCUT2D eigenvalue weighted by Gasteiger charge is 2.34. The minimum absolute atomic E-state index is 0.131. The van der Waals surface area contributed by atoms with Crippen LogP contribution in [0.25, 0.3) is 0 Å². The fourth-order valence-electron chi connectivity index (χ4n) is 1.92. The van der Waals surface area contributed by atoms with E-state index in [1.807, 2.05) is 27.7 Å². The van der Waals surface area contributed by atoms with Crippen molar-refractivity contribution in [3.63, 3.8) is 0 Å². The molecule has 0 radical (unpaired) electrons. The molecular formula is C13H21F3N4. The monoisotopic (exact) mass is 290 g/mol. The molecule has 0 aliphatic heterocycles. The molecule has 114 valence electrons. The molecule has 0 saturated heterocycles. The lowest BCUT2D eigenvalue weighted by atomic mass is 10.3. The van der Waals surface area contributed by atoms with E-state index in [9.17, 15) is 13.2 Å². The molecule has 1 aromatic heterocycles. The van der Waals surface area contributed by atoms with Crippen LogP contribution in [0.1, 0.15) is 33.4 Å². The summed E-state index contributed by atoms with van der Waals surface area (Å²) in [6, 6.07) is 1.01. The average Bonchev–Trinajstić information content (AvgIpc) is 2.40. The molecule has 0 atom stereocenters. The third-order valence-corrected chi connectivity index (χ3v) is 3.12. The van der Waals surface area contributed by atoms with Crippen molar-refractivity contribution in [1.82, 2.24) is 9.97 Å². The van der Waals surface area contributed by atoms with Gasteiger partial charge in [0, 0.05) is 32.2 Å². The molecule has 0 aromatic carbocycles. The van der Waals surface area contributed by atoms with Crippen molar-refractivity contribution in [2.24, 2.45) is 0 Å². The Morgan fingerprint density at radius 1 is 0.900 bits per heavy atom. The molecule has 7 heteroatoms. The van der Waals surface area contributed by atoms with Gasteiger partial charge in [-0.2, -0.15) is 18.2 Å². The Morgan fingerprint density at radius 3 is 1.80 bits per heavy atom. The molecule has 0 saturated carbocycles. The third-order valence-electron chi connectivity index (χ3n) is 3.12. The van der Waals surface area contributed by atoms with Crippen molar-refractivity contribution >= 4 is 11.8 Å². The zero-order valence-corrected chi connectivity index (χ0v) is 12.3. The summed E-state index contributed by atoms with van der Waals surface area (Å²) in [6.07, 6.45) is -4.47. The minimum Gasteiger partial charge on any atom is -0.357 e. The zero-order valence-electron chi connectivity index (χ0n) is 12.3. The first kappa shape index (κ1) is 16.5. The van der Waals surface area contributed by atoms with Crippen molar-refractivity contribution in [2.45, 2.75) is 33.9 Å². The lowest BCUT2D eigenvalue weighted by Gasteiger charge is -2.24. The maximum Gasteiger partial charge on any atom is 0.433 e. The minimum atomic E-state index is -4.47. The highest BCUT2D eigenvalue weighted by atomic mass is 19.4. The molecule has 1 heterocycles. The maximum atomic E-state index is 13.0. The number of alkyl halides is 3. The van der Waals surface area contributed by atoms with Gasteiger partial charge in [-0.25, -0.2) is 4.98 Å². The summed E-state index contributed by atoms with van der Waals surface area (Å²) in [5.41, 5.74) is -0.892. The standard InChI is InChI=1S/C13H21F3N4/c1-5-19(6-2)11-9-10(13(14,15)16)17-12(18-11)20(7-3)8-4/h9H,5-8H2,1-4H3. The number of hydrogen-bond donors (Lipinski definition) is 0. The summed E-state index contributed by atoms with van der Waals surface area (Å²) in [5.74, 6) is 0.450. The van der Waals surface area contributed by atoms with Crippen molar-refractivity contribution in [3.8, 4) is 0 Å². The van der Waals surface area contributed by atoms with Gasteiger partial charge < -0.3 is 9.80 Å². The summed E-state index contributed by atoms with van der Waals surface area (Å²) in [5, 5.41) is 0. The molecule has 0 spiro atoms. The molecule has 0 N–H and O–H groups in total. The van der Waals surface area contributed by atoms with Gasteiger partial charge in [-0.3, -0.25) is 0 Å². The van der Waals surface area contributed by atoms with Gasteiger partial charge in [0.15, 0.2) is 5.69 Å². The average molecular weight is 290 g/mol. The van der Waals surface area contributed by atoms with E-state index in [0.29, 0.717) is 32.0 Å². The molecule has 1 rings (SSSR count). The Balaban J connectivity index is 3.34. The second kappa shape index (κ2) is 6.76. The van der Waals surface area contributed by atoms with Gasteiger partial charge in [0.2, 0.25) is 5.95 Å². The molecule has 0 aliphatic carbocycles. The summed E-state index contributed by atoms with van der Waals surface area (Å²) in [7, 11) is 0. The molecular weight excluding hydrogens is 269 g/mol. The molecule has 0 fully saturated rings. The summed E-state index contributed by atoms with van der Waals surface area (Å²) in [4.78, 5) is 11.4. The maximum absolute atomic E-state index is 13.0. The molecule has 4 nitrogen and oxygen atoms in total. The topological polar surface area (TPSA) is 32.3 Å². The summed E-state index contributed by atoms with van der Waals surface area (Å²) < 4.78 is 38.9. The van der Waals surface area contributed by atoms with E-state index in [2.05, 4.69) is 9.97 Å². The van der Waals surface area contributed by atoms with Gasteiger partial charge in [0.25, 0.3) is 0 Å². The first-order valence-corrected chi connectivity index (χ1v) is 6.83. The second-order valence-corrected chi connectivity index (χ2v) is 4.25. The zero-order chi connectivity index (χ0) is 15.3. The number of halogens is 3. The Hall–Kier alpha value is -1.53. The molecule has 1 aromatic rings. The molecule has 20 heavy (non-hydrogen) atoms. The fraction of sp³-hybridized carbons (Fsp3) is 0.692. The van der Waals surface area contributed by atoms with Crippen LogP contribution in [0.4, 0.5) is 24.9 Å². The quantitative estimate of drug-likeness (QED) is 0.805. The van der Waals surface area contributed by atoms with Crippen LogP contribution in [-0.2, 0) is 6.18 Å². The molecule has 0 bridgehead atoms. The number of nitrogens with zero attached hydrogens (tertiary/aromatic N) is 4. The van der Waals surface area contributed by atoms with Crippen LogP contribution >= 0.6 is 0 Å². The number of rotatable bonds is 6. The lowest BCUT2D eigenvalue weighted by Crippen LogP contribution is -2.29. The largest absolute Gasteiger partial charge is 0.433 e. The van der Waals surface area contributed by atoms with Crippen LogP contribution < -0.4 is 9.80 Å². The van der Waals surface area contributed by atoms with E-state index in [0.717, 1.165) is 6.07 Å². The SMILES string of the molecule is CCN(CC)c1cc(C(F)(F)F)nc(N(CC)CC)n1. The van der Waals surface area contributed by atoms with Gasteiger partial charge in [0.1, 0.15) is 5.82 Å². The van der Waals surface area contributed by atoms with E-state index in [-0.39, 0.29) is 5.95 Å². The van der Waals surface area contributed by atoms with E-state index in [1.54, 1.807) is 9.80 Å². The third kappa shape index (κ3) is 3.74. The predicted molar refractivity (Wildman–Crippen MR) is 74.2 cm³/mol. The summed E-state index contributed by atoms with van der Waals surface area (Å²) in [6.45, 7) is 9.83. The van der Waals surface area contributed by atoms with E-state index in [4.69, 9.17) is 0 Å². The van der Waals surface area contributed by atoms with Crippen LogP contribution in [-0.4, -0.2) is 36.1 Å². The van der Waals surface area contributed by atoms with Crippen LogP contribution in [0.5, 0.6) is 0 Å². The van der Waals surface area contributed by atoms with Crippen LogP contribution in [0.15, 0.2) is 6.07 Å². The molecule has 0 unspecified atom stereocenters. The van der Waals surface area contributed by atoms with Crippen LogP contribution in [0.2, 0.25) is 0 Å². The Bertz CT molecular complexity index is 396. The predicted octanol–water partition coefficient (Wildman–Crippen LogP) is 3.19. The number of aromatic nitrogens is 2. The van der Waals surface area contributed by atoms with Crippen molar-refractivity contribution in [3.05, 3.63) is 11.8 Å². The molecule has 0 amide bonds. The van der Waals surface area contributed by atoms with E-state index < -0.39 is 11.9 Å². The second-order valence-electron chi connectivity index (χ2n) is 4.25. The normalized spacial score (nSPS) is 11.6. The highest BCUT2D eigenvalue weighted by Crippen LogP contribution is 2.31. The van der Waals surface area contributed by atoms with Gasteiger partial charge in [0.05, 0.1) is 0 Å². The van der Waals surface area contributed by atoms with E-state index >= 15 is 0 Å². The van der Waals surface area contributed by atoms with Crippen molar-refractivity contribution in [2.75, 3.05) is 36.0 Å². The highest BCUT2D eigenvalue weighted by molar-refractivity contribution is 5.46. The molecule has 0 aliphatic rings. The van der Waals surface area contributed by atoms with Crippen LogP contribution in [0, 0.1) is 0 Å². The fourth-order valence-corrected chi connectivity index (χ4v) is 1.92. The number of anilines is 2. The van der Waals surface area contributed by atoms with Crippen molar-refractivity contribution < 1.29 is 13.2 Å². The van der Waals surface area contributed by atoms with Gasteiger partial charge in [-0.15, -0.1) is 0 Å². The Labute approximate surface area is 117 Å². The van der Waals surface area contributed by atoms with E-state index in [1.165, 1.54) is 0 Å². The first-order valence-electron chi connectivity index (χ1n) is 6.83. The van der Waals surface area contributed by atoms with Crippen LogP contribution in [0.3, 0.4) is 0 Å². The Morgan fingerprint density at radius 2 is 1.40 bits per heavy atom. The number of hydrogen-bond acceptors (Lipinski definition) is 4. The lowest BCUT2D eigenvalue weighted by molar-refractivity contribution is -0.141.